The Labute approximate surface area is 228 Å². The fourth-order valence-corrected chi connectivity index (χ4v) is 7.44. The van der Waals surface area contributed by atoms with E-state index in [1.807, 2.05) is 13.1 Å². The van der Waals surface area contributed by atoms with Gasteiger partial charge in [-0.25, -0.2) is 9.97 Å². The van der Waals surface area contributed by atoms with Crippen LogP contribution in [0.3, 0.4) is 0 Å². The number of likely N-dealkylation sites (tertiary alicyclic amines) is 1. The third-order valence-electron chi connectivity index (χ3n) is 8.36. The maximum absolute atomic E-state index is 6.29. The van der Waals surface area contributed by atoms with Gasteiger partial charge in [0.05, 0.1) is 12.5 Å². The van der Waals surface area contributed by atoms with Gasteiger partial charge < -0.3 is 25.0 Å². The van der Waals surface area contributed by atoms with Gasteiger partial charge in [-0.15, -0.1) is 11.3 Å². The molecule has 202 valence electrons. The first kappa shape index (κ1) is 25.5. The molecule has 0 radical (unpaired) electrons. The third kappa shape index (κ3) is 4.64. The summed E-state index contributed by atoms with van der Waals surface area (Å²) in [6, 6.07) is 2.68. The first-order valence-electron chi connectivity index (χ1n) is 13.5. The number of epoxide rings is 1. The van der Waals surface area contributed by atoms with E-state index in [1.54, 1.807) is 30.8 Å². The van der Waals surface area contributed by atoms with E-state index in [1.165, 1.54) is 23.3 Å². The number of aromatic nitrogens is 3. The number of hydrogen-bond donors (Lipinski definition) is 2. The number of methoxy groups -OCH3 is 1. The van der Waals surface area contributed by atoms with Crippen molar-refractivity contribution in [2.75, 3.05) is 52.0 Å². The molecule has 6 rings (SSSR count). The van der Waals surface area contributed by atoms with Crippen LogP contribution < -0.4 is 15.4 Å². The molecule has 10 heteroatoms. The topological polar surface area (TPSA) is 91.0 Å². The lowest BCUT2D eigenvalue weighted by molar-refractivity contribution is 0.103. The SMILES string of the molecule is C=Cc1cc(Nc2ncnc3sc4c(c23)CCC(C2OC2N2CCC(N(C)C)CC2)C4)c(OC)nc1NC. The van der Waals surface area contributed by atoms with Gasteiger partial charge in [0.1, 0.15) is 40.8 Å². The predicted molar refractivity (Wildman–Crippen MR) is 154 cm³/mol. The standard InChI is InChI=1S/C28H37N7O2S/c1-6-16-13-20(26(36-5)33-24(16)29-2)32-25-22-19-8-7-17(14-21(19)38-27(22)31-15-30-25)23-28(37-23)35-11-9-18(10-12-35)34(3)4/h6,13,15,17-18,23,28H,1,7-12,14H2,2-5H3,(H,29,33)(H,30,31,32). The Morgan fingerprint density at radius 2 is 2.03 bits per heavy atom. The van der Waals surface area contributed by atoms with Crippen LogP contribution in [0.5, 0.6) is 5.88 Å². The number of piperidine rings is 1. The molecule has 0 spiro atoms. The molecular weight excluding hydrogens is 498 g/mol. The Bertz CT molecular complexity index is 1330. The highest BCUT2D eigenvalue weighted by molar-refractivity contribution is 7.19. The fourth-order valence-electron chi connectivity index (χ4n) is 6.16. The molecule has 0 amide bonds. The molecule has 3 aliphatic rings. The maximum atomic E-state index is 6.29. The van der Waals surface area contributed by atoms with Crippen molar-refractivity contribution in [2.45, 2.75) is 50.5 Å². The van der Waals surface area contributed by atoms with Crippen LogP contribution in [-0.2, 0) is 17.6 Å². The number of thiophene rings is 1. The summed E-state index contributed by atoms with van der Waals surface area (Å²) in [4.78, 5) is 21.2. The minimum Gasteiger partial charge on any atom is -0.479 e. The molecule has 3 aromatic rings. The van der Waals surface area contributed by atoms with E-state index in [4.69, 9.17) is 9.47 Å². The third-order valence-corrected chi connectivity index (χ3v) is 9.52. The molecule has 0 bridgehead atoms. The van der Waals surface area contributed by atoms with Gasteiger partial charge in [-0.05, 0) is 63.7 Å². The van der Waals surface area contributed by atoms with Crippen molar-refractivity contribution in [1.82, 2.24) is 24.8 Å². The summed E-state index contributed by atoms with van der Waals surface area (Å²) < 4.78 is 11.9. The quantitative estimate of drug-likeness (QED) is 0.408. The molecule has 1 aliphatic carbocycles. The van der Waals surface area contributed by atoms with E-state index in [2.05, 4.69) is 56.1 Å². The van der Waals surface area contributed by atoms with E-state index < -0.39 is 0 Å². The lowest BCUT2D eigenvalue weighted by Crippen LogP contribution is -2.44. The normalized spacial score (nSPS) is 23.9. The Balaban J connectivity index is 1.20. The molecule has 0 saturated carbocycles. The summed E-state index contributed by atoms with van der Waals surface area (Å²) in [5, 5.41) is 7.71. The fraction of sp³-hybridized carbons (Fsp3) is 0.536. The highest BCUT2D eigenvalue weighted by atomic mass is 32.1. The summed E-state index contributed by atoms with van der Waals surface area (Å²) in [5.74, 6) is 2.58. The van der Waals surface area contributed by atoms with E-state index >= 15 is 0 Å². The number of nitrogens with one attached hydrogen (secondary N) is 2. The van der Waals surface area contributed by atoms with Gasteiger partial charge in [0, 0.05) is 36.6 Å². The summed E-state index contributed by atoms with van der Waals surface area (Å²) in [7, 11) is 7.85. The van der Waals surface area contributed by atoms with Crippen LogP contribution in [0.25, 0.3) is 16.3 Å². The zero-order valence-corrected chi connectivity index (χ0v) is 23.5. The Hall–Kier alpha value is -2.79. The summed E-state index contributed by atoms with van der Waals surface area (Å²) in [6.07, 6.45) is 9.72. The number of ether oxygens (including phenoxy) is 2. The van der Waals surface area contributed by atoms with Gasteiger partial charge in [0.15, 0.2) is 0 Å². The van der Waals surface area contributed by atoms with Crippen molar-refractivity contribution in [3.8, 4) is 5.88 Å². The smallest absolute Gasteiger partial charge is 0.239 e. The van der Waals surface area contributed by atoms with Gasteiger partial charge in [0.25, 0.3) is 0 Å². The first-order valence-corrected chi connectivity index (χ1v) is 14.3. The second-order valence-corrected chi connectivity index (χ2v) is 11.8. The number of hydrogen-bond acceptors (Lipinski definition) is 10. The van der Waals surface area contributed by atoms with Gasteiger partial charge in [-0.1, -0.05) is 12.7 Å². The highest BCUT2D eigenvalue weighted by Gasteiger charge is 2.49. The van der Waals surface area contributed by atoms with Crippen molar-refractivity contribution < 1.29 is 9.47 Å². The average molecular weight is 536 g/mol. The van der Waals surface area contributed by atoms with Gasteiger partial charge in [-0.3, -0.25) is 4.90 Å². The molecule has 2 N–H and O–H groups in total. The summed E-state index contributed by atoms with van der Waals surface area (Å²) in [5.41, 5.74) is 3.01. The van der Waals surface area contributed by atoms with E-state index in [0.29, 0.717) is 30.2 Å². The number of rotatable bonds is 8. The molecular formula is C28H37N7O2S. The van der Waals surface area contributed by atoms with Crippen LogP contribution >= 0.6 is 11.3 Å². The number of aryl methyl sites for hydroxylation is 1. The largest absolute Gasteiger partial charge is 0.479 e. The number of pyridine rings is 1. The second kappa shape index (κ2) is 10.4. The van der Waals surface area contributed by atoms with Gasteiger partial charge >= 0.3 is 0 Å². The second-order valence-electron chi connectivity index (χ2n) is 10.7. The Morgan fingerprint density at radius 3 is 2.74 bits per heavy atom. The van der Waals surface area contributed by atoms with Crippen molar-refractivity contribution >= 4 is 45.0 Å². The zero-order valence-electron chi connectivity index (χ0n) is 22.7. The molecule has 38 heavy (non-hydrogen) atoms. The maximum Gasteiger partial charge on any atom is 0.239 e. The minimum absolute atomic E-state index is 0.302. The van der Waals surface area contributed by atoms with E-state index in [9.17, 15) is 0 Å². The summed E-state index contributed by atoms with van der Waals surface area (Å²) in [6.45, 7) is 6.20. The Morgan fingerprint density at radius 1 is 1.21 bits per heavy atom. The molecule has 3 atom stereocenters. The molecule has 0 aromatic carbocycles. The van der Waals surface area contributed by atoms with Crippen LogP contribution in [0.1, 0.15) is 35.3 Å². The van der Waals surface area contributed by atoms with Crippen molar-refractivity contribution in [1.29, 1.82) is 0 Å². The first-order chi connectivity index (χ1) is 18.5. The van der Waals surface area contributed by atoms with Crippen LogP contribution in [-0.4, -0.2) is 84.5 Å². The van der Waals surface area contributed by atoms with Crippen molar-refractivity contribution in [3.05, 3.63) is 35.0 Å². The molecule has 5 heterocycles. The molecule has 2 fully saturated rings. The van der Waals surface area contributed by atoms with Gasteiger partial charge in [0.2, 0.25) is 5.88 Å². The number of fused-ring (bicyclic) bond motifs is 3. The molecule has 3 aromatic heterocycles. The lowest BCUT2D eigenvalue weighted by Gasteiger charge is -2.34. The van der Waals surface area contributed by atoms with Crippen LogP contribution in [0.4, 0.5) is 17.3 Å². The van der Waals surface area contributed by atoms with E-state index in [0.717, 1.165) is 65.5 Å². The molecule has 9 nitrogen and oxygen atoms in total. The van der Waals surface area contributed by atoms with Gasteiger partial charge in [-0.2, -0.15) is 4.98 Å². The molecule has 3 unspecified atom stereocenters. The van der Waals surface area contributed by atoms with E-state index in [-0.39, 0.29) is 0 Å². The summed E-state index contributed by atoms with van der Waals surface area (Å²) >= 11 is 1.80. The predicted octanol–water partition coefficient (Wildman–Crippen LogP) is 4.38. The number of anilines is 3. The Kier molecular flexibility index (Phi) is 6.98. The molecule has 2 aliphatic heterocycles. The highest BCUT2D eigenvalue weighted by Crippen LogP contribution is 2.46. The lowest BCUT2D eigenvalue weighted by atomic mass is 9.85. The van der Waals surface area contributed by atoms with Crippen molar-refractivity contribution in [3.63, 3.8) is 0 Å². The van der Waals surface area contributed by atoms with Crippen LogP contribution in [0.2, 0.25) is 0 Å². The number of nitrogens with zero attached hydrogens (tertiary/aromatic N) is 5. The van der Waals surface area contributed by atoms with Crippen molar-refractivity contribution in [2.24, 2.45) is 5.92 Å². The zero-order chi connectivity index (χ0) is 26.4. The van der Waals surface area contributed by atoms with Crippen LogP contribution in [0.15, 0.2) is 19.0 Å². The minimum atomic E-state index is 0.302. The molecule has 2 saturated heterocycles. The average Bonchev–Trinajstić information content (AvgIpc) is 3.66. The van der Waals surface area contributed by atoms with Crippen LogP contribution in [0, 0.1) is 5.92 Å². The monoisotopic (exact) mass is 535 g/mol.